The Kier molecular flexibility index (Phi) is 5.69. The average molecular weight is 462 g/mol. The molecule has 172 valence electrons. The molecule has 2 aliphatic heterocycles. The normalized spacial score (nSPS) is 21.4. The van der Waals surface area contributed by atoms with E-state index in [1.54, 1.807) is 6.08 Å². The molecule has 1 fully saturated rings. The van der Waals surface area contributed by atoms with Crippen LogP contribution in [0.15, 0.2) is 35.9 Å². The summed E-state index contributed by atoms with van der Waals surface area (Å²) in [7, 11) is 2.13. The summed E-state index contributed by atoms with van der Waals surface area (Å²) in [6.07, 6.45) is 2.74. The van der Waals surface area contributed by atoms with Crippen LogP contribution in [0, 0.1) is 20.8 Å². The van der Waals surface area contributed by atoms with Crippen molar-refractivity contribution >= 4 is 46.6 Å². The van der Waals surface area contributed by atoms with Crippen LogP contribution >= 0.6 is 12.2 Å². The molecular weight excluding hydrogens is 430 g/mol. The molecule has 5 nitrogen and oxygen atoms in total. The molecule has 2 amide bonds. The molecule has 2 aromatic rings. The number of amides is 2. The first-order chi connectivity index (χ1) is 15.4. The predicted octanol–water partition coefficient (Wildman–Crippen LogP) is 5.17. The molecule has 33 heavy (non-hydrogen) atoms. The van der Waals surface area contributed by atoms with E-state index in [-0.39, 0.29) is 16.2 Å². The van der Waals surface area contributed by atoms with Crippen LogP contribution in [0.3, 0.4) is 0 Å². The minimum absolute atomic E-state index is 0.0696. The van der Waals surface area contributed by atoms with Crippen LogP contribution < -0.4 is 15.1 Å². The molecule has 0 radical (unpaired) electrons. The second-order valence-corrected chi connectivity index (χ2v) is 10.4. The number of fused-ring (bicyclic) bond motifs is 1. The number of hydrogen-bond donors (Lipinski definition) is 1. The molecule has 0 saturated carbocycles. The fourth-order valence-electron chi connectivity index (χ4n) is 5.02. The Labute approximate surface area is 201 Å². The van der Waals surface area contributed by atoms with Gasteiger partial charge in [0.2, 0.25) is 0 Å². The summed E-state index contributed by atoms with van der Waals surface area (Å²) in [6.45, 7) is 12.7. The number of carbonyl (C=O) groups is 2. The van der Waals surface area contributed by atoms with Gasteiger partial charge in [0.15, 0.2) is 5.11 Å². The fourth-order valence-corrected chi connectivity index (χ4v) is 5.30. The highest BCUT2D eigenvalue weighted by Gasteiger charge is 2.36. The molecule has 2 heterocycles. The van der Waals surface area contributed by atoms with Crippen LogP contribution in [0.1, 0.15) is 60.9 Å². The van der Waals surface area contributed by atoms with E-state index in [4.69, 9.17) is 12.2 Å². The number of benzene rings is 2. The molecule has 1 N–H and O–H groups in total. The molecule has 1 atom stereocenters. The zero-order valence-corrected chi connectivity index (χ0v) is 21.2. The monoisotopic (exact) mass is 461 g/mol. The average Bonchev–Trinajstić information content (AvgIpc) is 2.69. The highest BCUT2D eigenvalue weighted by Crippen LogP contribution is 2.43. The molecule has 2 aromatic carbocycles. The first-order valence-electron chi connectivity index (χ1n) is 11.3. The lowest BCUT2D eigenvalue weighted by Gasteiger charge is -2.45. The van der Waals surface area contributed by atoms with Crippen molar-refractivity contribution in [1.82, 2.24) is 5.32 Å². The van der Waals surface area contributed by atoms with E-state index in [2.05, 4.69) is 50.2 Å². The van der Waals surface area contributed by atoms with Crippen molar-refractivity contribution in [2.75, 3.05) is 16.8 Å². The number of rotatable bonds is 2. The lowest BCUT2D eigenvalue weighted by atomic mass is 9.79. The van der Waals surface area contributed by atoms with Gasteiger partial charge in [-0.2, -0.15) is 0 Å². The summed E-state index contributed by atoms with van der Waals surface area (Å²) in [4.78, 5) is 30.0. The fraction of sp³-hybridized carbons (Fsp3) is 0.370. The Morgan fingerprint density at radius 1 is 1.06 bits per heavy atom. The Bertz CT molecular complexity index is 1210. The lowest BCUT2D eigenvalue weighted by molar-refractivity contribution is -0.122. The summed E-state index contributed by atoms with van der Waals surface area (Å²) in [5, 5.41) is 2.80. The van der Waals surface area contributed by atoms with Gasteiger partial charge in [-0.05, 0) is 117 Å². The van der Waals surface area contributed by atoms with Crippen molar-refractivity contribution in [2.24, 2.45) is 0 Å². The van der Waals surface area contributed by atoms with Gasteiger partial charge >= 0.3 is 0 Å². The van der Waals surface area contributed by atoms with E-state index in [0.717, 1.165) is 28.7 Å². The lowest BCUT2D eigenvalue weighted by Crippen LogP contribution is -2.54. The quantitative estimate of drug-likeness (QED) is 0.381. The van der Waals surface area contributed by atoms with Gasteiger partial charge < -0.3 is 4.90 Å². The maximum atomic E-state index is 13.5. The maximum Gasteiger partial charge on any atom is 0.270 e. The summed E-state index contributed by atoms with van der Waals surface area (Å²) < 4.78 is 0. The number of nitrogens with one attached hydrogen (secondary N) is 1. The van der Waals surface area contributed by atoms with Crippen molar-refractivity contribution in [3.8, 4) is 0 Å². The van der Waals surface area contributed by atoms with Crippen LogP contribution in [0.2, 0.25) is 0 Å². The van der Waals surface area contributed by atoms with Crippen LogP contribution in [0.5, 0.6) is 0 Å². The van der Waals surface area contributed by atoms with Crippen LogP contribution in [-0.2, 0) is 9.59 Å². The van der Waals surface area contributed by atoms with Gasteiger partial charge in [0.25, 0.3) is 11.8 Å². The van der Waals surface area contributed by atoms with Crippen LogP contribution in [0.25, 0.3) is 6.08 Å². The second-order valence-electron chi connectivity index (χ2n) is 10.0. The van der Waals surface area contributed by atoms with Gasteiger partial charge in [-0.3, -0.25) is 19.8 Å². The van der Waals surface area contributed by atoms with E-state index in [9.17, 15) is 9.59 Å². The Morgan fingerprint density at radius 3 is 2.33 bits per heavy atom. The van der Waals surface area contributed by atoms with Crippen molar-refractivity contribution in [2.45, 2.75) is 59.4 Å². The SMILES string of the molecule is Cc1cc(C)cc(N2C(=O)/C(=C/c3cc4c(cc3C)N(C)C(C)(C)CC4C)C(=O)NC2=S)c1. The standard InChI is InChI=1S/C27H31N3O2S/c1-15-8-16(2)10-20(9-15)30-25(32)22(24(31)28-26(30)33)13-19-12-21-18(4)14-27(5,6)29(7)23(21)11-17(19)3/h8-13,18H,14H2,1-7H3,(H,28,31,33)/b22-13+. The molecular formula is C27H31N3O2S. The molecule has 4 rings (SSSR count). The number of anilines is 2. The van der Waals surface area contributed by atoms with E-state index < -0.39 is 11.8 Å². The van der Waals surface area contributed by atoms with E-state index in [1.807, 2.05) is 39.0 Å². The molecule has 0 bridgehead atoms. The van der Waals surface area contributed by atoms with Crippen molar-refractivity contribution in [3.05, 3.63) is 63.7 Å². The largest absolute Gasteiger partial charge is 0.369 e. The van der Waals surface area contributed by atoms with Gasteiger partial charge in [-0.1, -0.05) is 13.0 Å². The number of nitrogens with zero attached hydrogens (tertiary/aromatic N) is 2. The Balaban J connectivity index is 1.78. The van der Waals surface area contributed by atoms with Gasteiger partial charge in [0, 0.05) is 18.3 Å². The van der Waals surface area contributed by atoms with Gasteiger partial charge in [-0.15, -0.1) is 0 Å². The zero-order chi connectivity index (χ0) is 24.2. The van der Waals surface area contributed by atoms with E-state index in [1.165, 1.54) is 16.2 Å². The first-order valence-corrected chi connectivity index (χ1v) is 11.7. The number of carbonyl (C=O) groups excluding carboxylic acids is 2. The Morgan fingerprint density at radius 2 is 1.70 bits per heavy atom. The minimum atomic E-state index is -0.464. The number of aryl methyl sites for hydroxylation is 3. The van der Waals surface area contributed by atoms with Gasteiger partial charge in [-0.25, -0.2) is 0 Å². The number of hydrogen-bond acceptors (Lipinski definition) is 4. The predicted molar refractivity (Wildman–Crippen MR) is 139 cm³/mol. The Hall–Kier alpha value is -2.99. The molecule has 0 aromatic heterocycles. The smallest absolute Gasteiger partial charge is 0.270 e. The molecule has 1 saturated heterocycles. The van der Waals surface area contributed by atoms with Gasteiger partial charge in [0.05, 0.1) is 5.69 Å². The van der Waals surface area contributed by atoms with Gasteiger partial charge in [0.1, 0.15) is 5.57 Å². The summed E-state index contributed by atoms with van der Waals surface area (Å²) in [6, 6.07) is 10.1. The van der Waals surface area contributed by atoms with Crippen LogP contribution in [0.4, 0.5) is 11.4 Å². The summed E-state index contributed by atoms with van der Waals surface area (Å²) in [5.74, 6) is -0.495. The third kappa shape index (κ3) is 4.08. The van der Waals surface area contributed by atoms with Crippen LogP contribution in [-0.4, -0.2) is 29.5 Å². The molecule has 0 aliphatic carbocycles. The molecule has 0 spiro atoms. The summed E-state index contributed by atoms with van der Waals surface area (Å²) >= 11 is 5.36. The highest BCUT2D eigenvalue weighted by atomic mass is 32.1. The van der Waals surface area contributed by atoms with E-state index in [0.29, 0.717) is 11.6 Å². The van der Waals surface area contributed by atoms with Crippen molar-refractivity contribution in [3.63, 3.8) is 0 Å². The minimum Gasteiger partial charge on any atom is -0.369 e. The number of thiocarbonyl (C=S) groups is 1. The first kappa shape index (κ1) is 23.2. The third-order valence-corrected chi connectivity index (χ3v) is 7.17. The summed E-state index contributed by atoms with van der Waals surface area (Å²) in [5.41, 5.74) is 7.20. The van der Waals surface area contributed by atoms with Crippen molar-refractivity contribution < 1.29 is 9.59 Å². The topological polar surface area (TPSA) is 52.7 Å². The third-order valence-electron chi connectivity index (χ3n) is 6.89. The molecule has 2 aliphatic rings. The molecule has 1 unspecified atom stereocenters. The zero-order valence-electron chi connectivity index (χ0n) is 20.4. The maximum absolute atomic E-state index is 13.5. The van der Waals surface area contributed by atoms with Crippen molar-refractivity contribution in [1.29, 1.82) is 0 Å². The molecule has 6 heteroatoms. The second kappa shape index (κ2) is 8.10. The van der Waals surface area contributed by atoms with E-state index >= 15 is 0 Å². The highest BCUT2D eigenvalue weighted by molar-refractivity contribution is 7.80.